The highest BCUT2D eigenvalue weighted by Gasteiger charge is 2.20. The van der Waals surface area contributed by atoms with Gasteiger partial charge in [-0.05, 0) is 25.7 Å². The lowest BCUT2D eigenvalue weighted by Gasteiger charge is -2.22. The van der Waals surface area contributed by atoms with Crippen LogP contribution in [0.4, 0.5) is 0 Å². The van der Waals surface area contributed by atoms with Crippen molar-refractivity contribution in [1.29, 1.82) is 0 Å². The molecule has 0 saturated heterocycles. The summed E-state index contributed by atoms with van der Waals surface area (Å²) < 4.78 is 5.51. The summed E-state index contributed by atoms with van der Waals surface area (Å²) in [5.41, 5.74) is 0. The number of esters is 1. The SMILES string of the molecule is CCCCCCCCCCCCCCCCCCCCCCCCCC(O)C(CO)NC(=O)CCCCCCCCCCCCCCCCCCCCCCCCCCCOC(=O)CCCCCCCCCCCCCCCCCCC. The highest BCUT2D eigenvalue weighted by atomic mass is 16.5. The summed E-state index contributed by atoms with van der Waals surface area (Å²) >= 11 is 0. The zero-order valence-electron chi connectivity index (χ0n) is 56.3. The number of aliphatic hydroxyl groups is 2. The van der Waals surface area contributed by atoms with Crippen LogP contribution >= 0.6 is 0 Å². The molecule has 3 N–H and O–H groups in total. The zero-order valence-corrected chi connectivity index (χ0v) is 56.3. The fourth-order valence-electron chi connectivity index (χ4n) is 12.6. The third-order valence-electron chi connectivity index (χ3n) is 18.4. The van der Waals surface area contributed by atoms with E-state index in [2.05, 4.69) is 19.2 Å². The molecule has 82 heavy (non-hydrogen) atoms. The number of nitrogens with one attached hydrogen (secondary N) is 1. The summed E-state index contributed by atoms with van der Waals surface area (Å²) in [6.07, 6.45) is 88.9. The molecule has 1 amide bonds. The normalized spacial score (nSPS) is 12.4. The van der Waals surface area contributed by atoms with Crippen LogP contribution in [0.15, 0.2) is 0 Å². The number of hydrogen-bond acceptors (Lipinski definition) is 5. The first-order chi connectivity index (χ1) is 40.5. The van der Waals surface area contributed by atoms with Gasteiger partial charge in [-0.3, -0.25) is 9.59 Å². The number of aliphatic hydroxyl groups excluding tert-OH is 2. The van der Waals surface area contributed by atoms with Gasteiger partial charge in [-0.1, -0.05) is 412 Å². The number of carbonyl (C=O) groups excluding carboxylic acids is 2. The van der Waals surface area contributed by atoms with Crippen LogP contribution in [-0.2, 0) is 14.3 Å². The molecule has 0 aliphatic carbocycles. The van der Waals surface area contributed by atoms with E-state index in [1.54, 1.807) is 0 Å². The molecule has 0 aromatic rings. The Kier molecular flexibility index (Phi) is 71.3. The van der Waals surface area contributed by atoms with Gasteiger partial charge in [-0.15, -0.1) is 0 Å². The molecule has 6 heteroatoms. The molecule has 2 atom stereocenters. The van der Waals surface area contributed by atoms with Gasteiger partial charge in [0.05, 0.1) is 25.4 Å². The fraction of sp³-hybridized carbons (Fsp3) is 0.974. The van der Waals surface area contributed by atoms with Gasteiger partial charge in [-0.25, -0.2) is 0 Å². The average molecular weight is 1160 g/mol. The van der Waals surface area contributed by atoms with Crippen molar-refractivity contribution in [3.63, 3.8) is 0 Å². The van der Waals surface area contributed by atoms with E-state index in [0.717, 1.165) is 38.5 Å². The number of unbranched alkanes of at least 4 members (excludes halogenated alkanes) is 62. The minimum Gasteiger partial charge on any atom is -0.466 e. The molecule has 0 saturated carbocycles. The van der Waals surface area contributed by atoms with Crippen molar-refractivity contribution in [1.82, 2.24) is 5.32 Å². The first-order valence-electron chi connectivity index (χ1n) is 38.3. The van der Waals surface area contributed by atoms with Gasteiger partial charge in [0, 0.05) is 12.8 Å². The maximum atomic E-state index is 12.6. The van der Waals surface area contributed by atoms with E-state index >= 15 is 0 Å². The number of hydrogen-bond donors (Lipinski definition) is 3. The molecule has 0 bridgehead atoms. The summed E-state index contributed by atoms with van der Waals surface area (Å²) in [5, 5.41) is 23.5. The minimum atomic E-state index is -0.663. The third-order valence-corrected chi connectivity index (χ3v) is 18.4. The molecular weight excluding hydrogens is 1010 g/mol. The van der Waals surface area contributed by atoms with E-state index in [9.17, 15) is 19.8 Å². The summed E-state index contributed by atoms with van der Waals surface area (Å²) in [7, 11) is 0. The monoisotopic (exact) mass is 1160 g/mol. The maximum absolute atomic E-state index is 12.6. The van der Waals surface area contributed by atoms with Crippen molar-refractivity contribution in [2.24, 2.45) is 0 Å². The van der Waals surface area contributed by atoms with E-state index in [0.29, 0.717) is 25.9 Å². The smallest absolute Gasteiger partial charge is 0.305 e. The molecule has 0 spiro atoms. The molecule has 490 valence electrons. The van der Waals surface area contributed by atoms with Crippen molar-refractivity contribution < 1.29 is 24.5 Å². The Balaban J connectivity index is 3.34. The number of ether oxygens (including phenoxy) is 1. The third kappa shape index (κ3) is 68.0. The van der Waals surface area contributed by atoms with Gasteiger partial charge in [0.15, 0.2) is 0 Å². The van der Waals surface area contributed by atoms with Gasteiger partial charge in [0.1, 0.15) is 0 Å². The maximum Gasteiger partial charge on any atom is 0.305 e. The molecule has 0 radical (unpaired) electrons. The first-order valence-corrected chi connectivity index (χ1v) is 38.3. The molecular formula is C76H151NO5. The number of carbonyl (C=O) groups is 2. The van der Waals surface area contributed by atoms with Gasteiger partial charge in [-0.2, -0.15) is 0 Å². The second-order valence-electron chi connectivity index (χ2n) is 26.7. The first kappa shape index (κ1) is 80.9. The lowest BCUT2D eigenvalue weighted by Crippen LogP contribution is -2.45. The molecule has 0 heterocycles. The second-order valence-corrected chi connectivity index (χ2v) is 26.7. The number of amides is 1. The Morgan fingerprint density at radius 2 is 0.500 bits per heavy atom. The van der Waals surface area contributed by atoms with Crippen LogP contribution in [0, 0.1) is 0 Å². The minimum absolute atomic E-state index is 0.0221. The van der Waals surface area contributed by atoms with Gasteiger partial charge >= 0.3 is 5.97 Å². The van der Waals surface area contributed by atoms with Gasteiger partial charge in [0.25, 0.3) is 0 Å². The topological polar surface area (TPSA) is 95.9 Å². The van der Waals surface area contributed by atoms with E-state index in [1.165, 1.54) is 379 Å². The van der Waals surface area contributed by atoms with Crippen LogP contribution in [0.2, 0.25) is 0 Å². The fourth-order valence-corrected chi connectivity index (χ4v) is 12.6. The largest absolute Gasteiger partial charge is 0.466 e. The standard InChI is InChI=1S/C76H151NO5/c1-3-5-7-9-11-13-15-17-19-21-22-23-27-30-33-37-40-44-48-52-56-60-64-68-74(79)73(72-78)77-75(80)69-65-61-57-53-49-45-41-38-34-31-28-25-24-26-29-32-35-39-43-47-51-55-59-63-67-71-82-76(81)70-66-62-58-54-50-46-42-36-20-18-16-14-12-10-8-6-4-2/h73-74,78-79H,3-72H2,1-2H3,(H,77,80). The predicted molar refractivity (Wildman–Crippen MR) is 361 cm³/mol. The van der Waals surface area contributed by atoms with Crippen molar-refractivity contribution in [2.45, 2.75) is 463 Å². The van der Waals surface area contributed by atoms with Crippen molar-refractivity contribution >= 4 is 11.9 Å². The summed E-state index contributed by atoms with van der Waals surface area (Å²) in [6, 6.07) is -0.540. The predicted octanol–water partition coefficient (Wildman–Crippen LogP) is 24.9. The Labute approximate surface area is 515 Å². The Morgan fingerprint density at radius 3 is 0.744 bits per heavy atom. The molecule has 0 fully saturated rings. The van der Waals surface area contributed by atoms with Crippen LogP contribution < -0.4 is 5.32 Å². The molecule has 6 nitrogen and oxygen atoms in total. The lowest BCUT2D eigenvalue weighted by molar-refractivity contribution is -0.143. The van der Waals surface area contributed by atoms with Crippen LogP contribution in [0.1, 0.15) is 450 Å². The average Bonchev–Trinajstić information content (AvgIpc) is 3.48. The van der Waals surface area contributed by atoms with Crippen molar-refractivity contribution in [3.05, 3.63) is 0 Å². The van der Waals surface area contributed by atoms with E-state index in [-0.39, 0.29) is 18.5 Å². The zero-order chi connectivity index (χ0) is 59.2. The Bertz CT molecular complexity index is 1200. The Hall–Kier alpha value is -1.14. The van der Waals surface area contributed by atoms with Crippen LogP contribution in [0.3, 0.4) is 0 Å². The molecule has 0 aromatic heterocycles. The van der Waals surface area contributed by atoms with Gasteiger partial charge < -0.3 is 20.3 Å². The highest BCUT2D eigenvalue weighted by molar-refractivity contribution is 5.76. The van der Waals surface area contributed by atoms with Crippen LogP contribution in [0.5, 0.6) is 0 Å². The van der Waals surface area contributed by atoms with Crippen molar-refractivity contribution in [2.75, 3.05) is 13.2 Å². The quantitative estimate of drug-likeness (QED) is 0.0417. The van der Waals surface area contributed by atoms with Crippen LogP contribution in [0.25, 0.3) is 0 Å². The van der Waals surface area contributed by atoms with Gasteiger partial charge in [0.2, 0.25) is 5.91 Å². The summed E-state index contributed by atoms with van der Waals surface area (Å²) in [5.74, 6) is -0.00480. The summed E-state index contributed by atoms with van der Waals surface area (Å²) in [6.45, 7) is 5.02. The van der Waals surface area contributed by atoms with E-state index < -0.39 is 12.1 Å². The molecule has 0 rings (SSSR count). The summed E-state index contributed by atoms with van der Waals surface area (Å²) in [4.78, 5) is 24.7. The second kappa shape index (κ2) is 72.3. The molecule has 0 aliphatic rings. The van der Waals surface area contributed by atoms with Crippen LogP contribution in [-0.4, -0.2) is 47.4 Å². The molecule has 0 aromatic carbocycles. The highest BCUT2D eigenvalue weighted by Crippen LogP contribution is 2.20. The lowest BCUT2D eigenvalue weighted by atomic mass is 10.0. The molecule has 2 unspecified atom stereocenters. The Morgan fingerprint density at radius 1 is 0.293 bits per heavy atom. The van der Waals surface area contributed by atoms with E-state index in [1.807, 2.05) is 0 Å². The van der Waals surface area contributed by atoms with Crippen molar-refractivity contribution in [3.8, 4) is 0 Å². The van der Waals surface area contributed by atoms with E-state index in [4.69, 9.17) is 4.74 Å². The number of rotatable bonds is 73. The molecule has 0 aliphatic heterocycles.